The van der Waals surface area contributed by atoms with E-state index in [4.69, 9.17) is 21.3 Å². The summed E-state index contributed by atoms with van der Waals surface area (Å²) in [6, 6.07) is 0. The van der Waals surface area contributed by atoms with Crippen molar-refractivity contribution in [1.82, 2.24) is 24.8 Å². The number of nitrogen functional groups attached to an aromatic ring is 2. The molecular formula is C9H13N7O4. The lowest BCUT2D eigenvalue weighted by Crippen LogP contribution is -2.32. The molecule has 1 aliphatic heterocycles. The van der Waals surface area contributed by atoms with Crippen LogP contribution in [0.2, 0.25) is 0 Å². The predicted octanol–water partition coefficient (Wildman–Crippen LogP) is -3.16. The van der Waals surface area contributed by atoms with E-state index >= 15 is 0 Å². The molecule has 20 heavy (non-hydrogen) atoms. The molecule has 11 heteroatoms. The van der Waals surface area contributed by atoms with E-state index in [-0.39, 0.29) is 23.2 Å². The summed E-state index contributed by atoms with van der Waals surface area (Å²) in [5.74, 6) is 0.0501. The largest absolute Gasteiger partial charge is 0.394 e. The van der Waals surface area contributed by atoms with Gasteiger partial charge in [0, 0.05) is 0 Å². The third-order valence-electron chi connectivity index (χ3n) is 3.13. The molecular weight excluding hydrogens is 270 g/mol. The second-order valence-electron chi connectivity index (χ2n) is 4.41. The van der Waals surface area contributed by atoms with E-state index in [0.29, 0.717) is 0 Å². The summed E-state index contributed by atoms with van der Waals surface area (Å²) in [7, 11) is 0. The van der Waals surface area contributed by atoms with Crippen molar-refractivity contribution in [2.45, 2.75) is 24.4 Å². The first-order valence-corrected chi connectivity index (χ1v) is 5.79. The van der Waals surface area contributed by atoms with Crippen LogP contribution >= 0.6 is 0 Å². The first-order chi connectivity index (χ1) is 9.52. The van der Waals surface area contributed by atoms with Gasteiger partial charge in [0.1, 0.15) is 24.4 Å². The van der Waals surface area contributed by atoms with Crippen molar-refractivity contribution in [2.75, 3.05) is 18.1 Å². The van der Waals surface area contributed by atoms with Crippen molar-refractivity contribution < 1.29 is 20.1 Å². The molecule has 108 valence electrons. The Kier molecular flexibility index (Phi) is 2.90. The molecule has 1 fully saturated rings. The molecule has 0 amide bonds. The van der Waals surface area contributed by atoms with E-state index in [2.05, 4.69) is 20.3 Å². The topological polar surface area (TPSA) is 178 Å². The van der Waals surface area contributed by atoms with Gasteiger partial charge in [0.15, 0.2) is 11.6 Å². The first-order valence-electron chi connectivity index (χ1n) is 5.79. The molecule has 0 aromatic carbocycles. The van der Waals surface area contributed by atoms with Crippen LogP contribution in [0.15, 0.2) is 0 Å². The van der Waals surface area contributed by atoms with Gasteiger partial charge in [-0.2, -0.15) is 9.50 Å². The Morgan fingerprint density at radius 1 is 1.20 bits per heavy atom. The highest BCUT2D eigenvalue weighted by molar-refractivity contribution is 5.59. The van der Waals surface area contributed by atoms with Crippen LogP contribution in [-0.4, -0.2) is 65.0 Å². The molecule has 3 heterocycles. The van der Waals surface area contributed by atoms with Crippen LogP contribution in [0.25, 0.3) is 5.65 Å². The number of anilines is 2. The highest BCUT2D eigenvalue weighted by Crippen LogP contribution is 2.32. The average Bonchev–Trinajstić information content (AvgIpc) is 2.93. The third kappa shape index (κ3) is 1.76. The number of ether oxygens (including phenoxy) is 1. The molecule has 0 aliphatic carbocycles. The average molecular weight is 283 g/mol. The summed E-state index contributed by atoms with van der Waals surface area (Å²) in [5, 5.41) is 40.3. The minimum absolute atomic E-state index is 0.0305. The Hall–Kier alpha value is -2.08. The number of hydrogen-bond donors (Lipinski definition) is 5. The minimum Gasteiger partial charge on any atom is -0.394 e. The zero-order chi connectivity index (χ0) is 14.4. The molecule has 0 saturated carbocycles. The number of aromatic nitrogens is 5. The maximum atomic E-state index is 9.96. The number of rotatable bonds is 2. The second-order valence-corrected chi connectivity index (χ2v) is 4.41. The third-order valence-corrected chi connectivity index (χ3v) is 3.13. The van der Waals surface area contributed by atoms with Gasteiger partial charge in [-0.05, 0) is 0 Å². The van der Waals surface area contributed by atoms with Crippen LogP contribution in [0.3, 0.4) is 0 Å². The summed E-state index contributed by atoms with van der Waals surface area (Å²) in [4.78, 5) is 3.74. The van der Waals surface area contributed by atoms with Crippen LogP contribution in [0.1, 0.15) is 11.9 Å². The normalized spacial score (nSPS) is 30.1. The minimum atomic E-state index is -1.28. The van der Waals surface area contributed by atoms with Gasteiger partial charge in [0.05, 0.1) is 6.61 Å². The van der Waals surface area contributed by atoms with Crippen molar-refractivity contribution in [2.24, 2.45) is 0 Å². The first kappa shape index (κ1) is 12.9. The quantitative estimate of drug-likeness (QED) is 0.377. The maximum absolute atomic E-state index is 9.96. The summed E-state index contributed by atoms with van der Waals surface area (Å²) >= 11 is 0. The lowest BCUT2D eigenvalue weighted by atomic mass is 10.1. The highest BCUT2D eigenvalue weighted by atomic mass is 16.6. The Bertz CT molecular complexity index is 647. The molecule has 11 nitrogen and oxygen atoms in total. The van der Waals surface area contributed by atoms with Gasteiger partial charge in [-0.25, -0.2) is 0 Å². The van der Waals surface area contributed by atoms with E-state index in [1.807, 2.05) is 0 Å². The standard InChI is InChI=1S/C9H13N7O4/c10-6-8-14-13-7(16(8)15-9(11)12-6)5-4(19)3(18)2(1-17)20-5/h2-5,17-19H,1H2,(H4,10,11,12,15)/t2-,3-,4-,5-/m1/s1. The van der Waals surface area contributed by atoms with E-state index in [0.717, 1.165) is 0 Å². The van der Waals surface area contributed by atoms with Gasteiger partial charge < -0.3 is 31.5 Å². The zero-order valence-corrected chi connectivity index (χ0v) is 10.2. The number of nitrogens with zero attached hydrogens (tertiary/aromatic N) is 5. The Labute approximate surface area is 111 Å². The molecule has 2 aromatic heterocycles. The molecule has 0 spiro atoms. The van der Waals surface area contributed by atoms with E-state index in [1.165, 1.54) is 4.52 Å². The van der Waals surface area contributed by atoms with Gasteiger partial charge in [0.25, 0.3) is 0 Å². The summed E-state index contributed by atoms with van der Waals surface area (Å²) < 4.78 is 6.54. The molecule has 2 aromatic rings. The van der Waals surface area contributed by atoms with E-state index in [1.54, 1.807) is 0 Å². The van der Waals surface area contributed by atoms with Gasteiger partial charge in [-0.3, -0.25) is 0 Å². The smallest absolute Gasteiger partial charge is 0.240 e. The predicted molar refractivity (Wildman–Crippen MR) is 64.1 cm³/mol. The van der Waals surface area contributed by atoms with E-state index in [9.17, 15) is 10.2 Å². The summed E-state index contributed by atoms with van der Waals surface area (Å²) in [5.41, 5.74) is 11.3. The van der Waals surface area contributed by atoms with Crippen LogP contribution in [0.5, 0.6) is 0 Å². The van der Waals surface area contributed by atoms with Crippen molar-refractivity contribution in [3.8, 4) is 0 Å². The van der Waals surface area contributed by atoms with Crippen molar-refractivity contribution in [3.05, 3.63) is 5.82 Å². The van der Waals surface area contributed by atoms with Crippen molar-refractivity contribution >= 4 is 17.4 Å². The molecule has 0 radical (unpaired) electrons. The molecule has 7 N–H and O–H groups in total. The number of aliphatic hydroxyl groups excluding tert-OH is 3. The number of nitrogens with two attached hydrogens (primary N) is 2. The molecule has 1 saturated heterocycles. The van der Waals surface area contributed by atoms with Crippen LogP contribution in [0, 0.1) is 0 Å². The second kappa shape index (κ2) is 4.49. The van der Waals surface area contributed by atoms with Crippen LogP contribution in [0.4, 0.5) is 11.8 Å². The Morgan fingerprint density at radius 2 is 1.95 bits per heavy atom. The number of aliphatic hydroxyl groups is 3. The molecule has 3 rings (SSSR count). The molecule has 1 aliphatic rings. The number of fused-ring (bicyclic) bond motifs is 1. The van der Waals surface area contributed by atoms with Gasteiger partial charge >= 0.3 is 0 Å². The number of hydrogen-bond acceptors (Lipinski definition) is 10. The lowest BCUT2D eigenvalue weighted by Gasteiger charge is -2.12. The summed E-state index contributed by atoms with van der Waals surface area (Å²) in [6.45, 7) is -0.440. The molecule has 0 bridgehead atoms. The van der Waals surface area contributed by atoms with Gasteiger partial charge in [0.2, 0.25) is 11.6 Å². The van der Waals surface area contributed by atoms with Gasteiger partial charge in [-0.1, -0.05) is 0 Å². The SMILES string of the molecule is Nc1nc(N)c2nnc([C@@H]3O[C@H](CO)[C@@H](O)[C@H]3O)n2n1. The summed E-state index contributed by atoms with van der Waals surface area (Å²) in [6.07, 6.45) is -4.45. The Balaban J connectivity index is 2.07. The zero-order valence-electron chi connectivity index (χ0n) is 10.2. The van der Waals surface area contributed by atoms with Crippen LogP contribution < -0.4 is 11.5 Å². The highest BCUT2D eigenvalue weighted by Gasteiger charge is 2.45. The maximum Gasteiger partial charge on any atom is 0.240 e. The fourth-order valence-electron chi connectivity index (χ4n) is 2.14. The monoisotopic (exact) mass is 283 g/mol. The van der Waals surface area contributed by atoms with Crippen LogP contribution in [-0.2, 0) is 4.74 Å². The van der Waals surface area contributed by atoms with Gasteiger partial charge in [-0.15, -0.1) is 15.3 Å². The Morgan fingerprint density at radius 3 is 2.60 bits per heavy atom. The lowest BCUT2D eigenvalue weighted by molar-refractivity contribution is -0.0258. The van der Waals surface area contributed by atoms with Crippen molar-refractivity contribution in [3.63, 3.8) is 0 Å². The van der Waals surface area contributed by atoms with E-state index < -0.39 is 31.0 Å². The molecule has 4 atom stereocenters. The fourth-order valence-corrected chi connectivity index (χ4v) is 2.14. The fraction of sp³-hybridized carbons (Fsp3) is 0.556. The molecule has 0 unspecified atom stereocenters. The van der Waals surface area contributed by atoms with Crippen molar-refractivity contribution in [1.29, 1.82) is 0 Å².